The molecule has 0 radical (unpaired) electrons. The van der Waals surface area contributed by atoms with Crippen LogP contribution in [-0.4, -0.2) is 18.0 Å². The number of nitrogens with zero attached hydrogens (tertiary/aromatic N) is 1. The molecule has 0 N–H and O–H groups in total. The first-order chi connectivity index (χ1) is 8.29. The summed E-state index contributed by atoms with van der Waals surface area (Å²) in [5, 5.41) is 0. The van der Waals surface area contributed by atoms with Crippen molar-refractivity contribution in [3.05, 3.63) is 35.9 Å². The molecule has 0 bridgehead atoms. The number of piperidine rings is 1. The summed E-state index contributed by atoms with van der Waals surface area (Å²) in [6, 6.07) is 10.7. The SMILES string of the molecule is C#CC(C)C1CCCN(Cc2ccccc2)C1. The topological polar surface area (TPSA) is 3.24 Å². The maximum absolute atomic E-state index is 5.53. The molecule has 1 aliphatic rings. The van der Waals surface area contributed by atoms with Crippen LogP contribution in [0.4, 0.5) is 0 Å². The Labute approximate surface area is 105 Å². The molecule has 0 aliphatic carbocycles. The van der Waals surface area contributed by atoms with E-state index in [-0.39, 0.29) is 0 Å². The second-order valence-electron chi connectivity index (χ2n) is 5.08. The van der Waals surface area contributed by atoms with Gasteiger partial charge in [0.05, 0.1) is 0 Å². The van der Waals surface area contributed by atoms with Gasteiger partial charge < -0.3 is 0 Å². The van der Waals surface area contributed by atoms with E-state index in [1.165, 1.54) is 24.9 Å². The summed E-state index contributed by atoms with van der Waals surface area (Å²) in [5.74, 6) is 3.98. The van der Waals surface area contributed by atoms with Gasteiger partial charge in [0.1, 0.15) is 0 Å². The van der Waals surface area contributed by atoms with Gasteiger partial charge in [0, 0.05) is 19.0 Å². The lowest BCUT2D eigenvalue weighted by Crippen LogP contribution is -2.37. The minimum atomic E-state index is 0.411. The van der Waals surface area contributed by atoms with E-state index in [9.17, 15) is 0 Å². The van der Waals surface area contributed by atoms with Crippen LogP contribution in [0, 0.1) is 24.2 Å². The predicted octanol–water partition coefficient (Wildman–Crippen LogP) is 3.17. The summed E-state index contributed by atoms with van der Waals surface area (Å²) in [7, 11) is 0. The van der Waals surface area contributed by atoms with Gasteiger partial charge in [-0.05, 0) is 30.9 Å². The first-order valence-corrected chi connectivity index (χ1v) is 6.52. The van der Waals surface area contributed by atoms with E-state index < -0.39 is 0 Å². The molecular formula is C16H21N. The maximum atomic E-state index is 5.53. The molecular weight excluding hydrogens is 206 g/mol. The molecule has 1 aromatic rings. The van der Waals surface area contributed by atoms with Crippen LogP contribution in [0.25, 0.3) is 0 Å². The van der Waals surface area contributed by atoms with Crippen molar-refractivity contribution >= 4 is 0 Å². The van der Waals surface area contributed by atoms with Crippen molar-refractivity contribution in [2.45, 2.75) is 26.3 Å². The molecule has 0 spiro atoms. The monoisotopic (exact) mass is 227 g/mol. The first kappa shape index (κ1) is 12.2. The zero-order valence-corrected chi connectivity index (χ0v) is 10.6. The Balaban J connectivity index is 1.92. The smallest absolute Gasteiger partial charge is 0.0233 e. The Kier molecular flexibility index (Phi) is 4.23. The largest absolute Gasteiger partial charge is 0.299 e. The fourth-order valence-electron chi connectivity index (χ4n) is 2.62. The summed E-state index contributed by atoms with van der Waals surface area (Å²) in [5.41, 5.74) is 1.40. The third-order valence-corrected chi connectivity index (χ3v) is 3.76. The van der Waals surface area contributed by atoms with Gasteiger partial charge in [-0.15, -0.1) is 12.3 Å². The minimum Gasteiger partial charge on any atom is -0.299 e. The second-order valence-corrected chi connectivity index (χ2v) is 5.08. The van der Waals surface area contributed by atoms with Crippen LogP contribution in [0.5, 0.6) is 0 Å². The predicted molar refractivity (Wildman–Crippen MR) is 72.4 cm³/mol. The number of hydrogen-bond donors (Lipinski definition) is 0. The molecule has 1 aromatic carbocycles. The summed E-state index contributed by atoms with van der Waals surface area (Å²) >= 11 is 0. The van der Waals surface area contributed by atoms with E-state index in [4.69, 9.17) is 6.42 Å². The summed E-state index contributed by atoms with van der Waals surface area (Å²) in [6.07, 6.45) is 8.10. The highest BCUT2D eigenvalue weighted by Crippen LogP contribution is 2.24. The van der Waals surface area contributed by atoms with E-state index in [1.807, 2.05) is 0 Å². The van der Waals surface area contributed by atoms with Crippen LogP contribution in [0.3, 0.4) is 0 Å². The van der Waals surface area contributed by atoms with Crippen molar-refractivity contribution in [1.82, 2.24) is 4.90 Å². The van der Waals surface area contributed by atoms with Gasteiger partial charge in [-0.2, -0.15) is 0 Å². The quantitative estimate of drug-likeness (QED) is 0.717. The van der Waals surface area contributed by atoms with Crippen molar-refractivity contribution in [2.24, 2.45) is 11.8 Å². The molecule has 1 saturated heterocycles. The second kappa shape index (κ2) is 5.89. The number of likely N-dealkylation sites (tertiary alicyclic amines) is 1. The summed E-state index contributed by atoms with van der Waals surface area (Å²) < 4.78 is 0. The highest BCUT2D eigenvalue weighted by molar-refractivity contribution is 5.14. The van der Waals surface area contributed by atoms with Gasteiger partial charge in [-0.25, -0.2) is 0 Å². The average Bonchev–Trinajstić information content (AvgIpc) is 2.39. The molecule has 1 fully saturated rings. The van der Waals surface area contributed by atoms with Crippen LogP contribution in [-0.2, 0) is 6.54 Å². The number of rotatable bonds is 3. The zero-order valence-electron chi connectivity index (χ0n) is 10.6. The Morgan fingerprint density at radius 2 is 2.18 bits per heavy atom. The molecule has 0 saturated carbocycles. The highest BCUT2D eigenvalue weighted by Gasteiger charge is 2.23. The third-order valence-electron chi connectivity index (χ3n) is 3.76. The van der Waals surface area contributed by atoms with Gasteiger partial charge in [0.15, 0.2) is 0 Å². The van der Waals surface area contributed by atoms with Crippen LogP contribution >= 0.6 is 0 Å². The van der Waals surface area contributed by atoms with Crippen molar-refractivity contribution < 1.29 is 0 Å². The van der Waals surface area contributed by atoms with Gasteiger partial charge >= 0.3 is 0 Å². The molecule has 2 rings (SSSR count). The van der Waals surface area contributed by atoms with E-state index in [0.29, 0.717) is 11.8 Å². The summed E-state index contributed by atoms with van der Waals surface area (Å²) in [4.78, 5) is 2.54. The van der Waals surface area contributed by atoms with Crippen molar-refractivity contribution in [3.8, 4) is 12.3 Å². The molecule has 0 amide bonds. The van der Waals surface area contributed by atoms with Gasteiger partial charge in [-0.3, -0.25) is 4.90 Å². The van der Waals surface area contributed by atoms with Gasteiger partial charge in [0.25, 0.3) is 0 Å². The molecule has 1 aliphatic heterocycles. The Hall–Kier alpha value is -1.26. The number of terminal acetylenes is 1. The van der Waals surface area contributed by atoms with Crippen molar-refractivity contribution in [1.29, 1.82) is 0 Å². The molecule has 1 nitrogen and oxygen atoms in total. The Morgan fingerprint density at radius 1 is 1.41 bits per heavy atom. The number of hydrogen-bond acceptors (Lipinski definition) is 1. The molecule has 1 heterocycles. The zero-order chi connectivity index (χ0) is 12.1. The average molecular weight is 227 g/mol. The first-order valence-electron chi connectivity index (χ1n) is 6.52. The fourth-order valence-corrected chi connectivity index (χ4v) is 2.62. The maximum Gasteiger partial charge on any atom is 0.0233 e. The van der Waals surface area contributed by atoms with E-state index in [0.717, 1.165) is 13.1 Å². The fraction of sp³-hybridized carbons (Fsp3) is 0.500. The Morgan fingerprint density at radius 3 is 2.88 bits per heavy atom. The number of benzene rings is 1. The lowest BCUT2D eigenvalue weighted by Gasteiger charge is -2.34. The third kappa shape index (κ3) is 3.35. The van der Waals surface area contributed by atoms with Crippen LogP contribution in [0.1, 0.15) is 25.3 Å². The molecule has 1 heteroatoms. The minimum absolute atomic E-state index is 0.411. The standard InChI is InChI=1S/C16H21N/c1-3-14(2)16-10-7-11-17(13-16)12-15-8-5-4-6-9-15/h1,4-6,8-9,14,16H,7,10-13H2,2H3. The van der Waals surface area contributed by atoms with Crippen molar-refractivity contribution in [2.75, 3.05) is 13.1 Å². The molecule has 2 unspecified atom stereocenters. The molecule has 17 heavy (non-hydrogen) atoms. The van der Waals surface area contributed by atoms with Crippen LogP contribution in [0.15, 0.2) is 30.3 Å². The van der Waals surface area contributed by atoms with Gasteiger partial charge in [-0.1, -0.05) is 37.3 Å². The van der Waals surface area contributed by atoms with Crippen LogP contribution < -0.4 is 0 Å². The summed E-state index contributed by atoms with van der Waals surface area (Å²) in [6.45, 7) is 5.61. The highest BCUT2D eigenvalue weighted by atomic mass is 15.1. The van der Waals surface area contributed by atoms with Crippen LogP contribution in [0.2, 0.25) is 0 Å². The lowest BCUT2D eigenvalue weighted by molar-refractivity contribution is 0.149. The lowest BCUT2D eigenvalue weighted by atomic mass is 9.87. The van der Waals surface area contributed by atoms with E-state index >= 15 is 0 Å². The van der Waals surface area contributed by atoms with E-state index in [2.05, 4.69) is 48.1 Å². The van der Waals surface area contributed by atoms with Crippen molar-refractivity contribution in [3.63, 3.8) is 0 Å². The Bertz CT molecular complexity index is 376. The molecule has 0 aromatic heterocycles. The van der Waals surface area contributed by atoms with E-state index in [1.54, 1.807) is 0 Å². The molecule has 90 valence electrons. The van der Waals surface area contributed by atoms with Gasteiger partial charge in [0.2, 0.25) is 0 Å². The normalized spacial score (nSPS) is 22.9. The molecule has 2 atom stereocenters.